The molecule has 0 saturated carbocycles. The Bertz CT molecular complexity index is 881. The van der Waals surface area contributed by atoms with Crippen molar-refractivity contribution in [3.8, 4) is 11.8 Å². The second kappa shape index (κ2) is 5.91. The molecule has 3 aromatic heterocycles. The van der Waals surface area contributed by atoms with Crippen molar-refractivity contribution in [2.45, 2.75) is 13.0 Å². The van der Waals surface area contributed by atoms with E-state index in [9.17, 15) is 4.79 Å². The van der Waals surface area contributed by atoms with Crippen LogP contribution in [0.25, 0.3) is 5.65 Å². The largest absolute Gasteiger partial charge is 0.395 e. The fourth-order valence-corrected chi connectivity index (χ4v) is 2.72. The van der Waals surface area contributed by atoms with Crippen molar-refractivity contribution in [2.75, 3.05) is 6.61 Å². The van der Waals surface area contributed by atoms with E-state index in [1.807, 2.05) is 11.4 Å². The molecule has 6 nitrogen and oxygen atoms in total. The van der Waals surface area contributed by atoms with Crippen LogP contribution in [0, 0.1) is 11.8 Å². The molecule has 1 N–H and O–H groups in total. The molecule has 0 spiro atoms. The molecule has 0 saturated heterocycles. The molecule has 0 amide bonds. The van der Waals surface area contributed by atoms with Crippen molar-refractivity contribution in [3.05, 3.63) is 51.0 Å². The van der Waals surface area contributed by atoms with Crippen LogP contribution in [0.2, 0.25) is 0 Å². The Kier molecular flexibility index (Phi) is 3.81. The second-order valence-corrected chi connectivity index (χ2v) is 5.28. The molecule has 0 bridgehead atoms. The Labute approximate surface area is 124 Å². The first kappa shape index (κ1) is 13.5. The fraction of sp³-hybridized carbons (Fsp3) is 0.214. The van der Waals surface area contributed by atoms with Gasteiger partial charge in [-0.05, 0) is 11.4 Å². The number of fused-ring (bicyclic) bond motifs is 1. The van der Waals surface area contributed by atoms with Gasteiger partial charge < -0.3 is 5.11 Å². The number of aromatic nitrogens is 4. The highest BCUT2D eigenvalue weighted by molar-refractivity contribution is 7.10. The Morgan fingerprint density at radius 3 is 3.14 bits per heavy atom. The molecule has 3 heterocycles. The second-order valence-electron chi connectivity index (χ2n) is 4.28. The molecule has 0 aromatic carbocycles. The number of aliphatic hydroxyl groups is 1. The van der Waals surface area contributed by atoms with Gasteiger partial charge >= 0.3 is 5.69 Å². The van der Waals surface area contributed by atoms with Gasteiger partial charge in [-0.1, -0.05) is 11.8 Å². The van der Waals surface area contributed by atoms with Gasteiger partial charge in [-0.15, -0.1) is 16.4 Å². The van der Waals surface area contributed by atoms with Crippen molar-refractivity contribution < 1.29 is 5.11 Å². The van der Waals surface area contributed by atoms with E-state index in [-0.39, 0.29) is 12.3 Å². The summed E-state index contributed by atoms with van der Waals surface area (Å²) >= 11 is 1.53. The van der Waals surface area contributed by atoms with Crippen molar-refractivity contribution in [3.63, 3.8) is 0 Å². The Morgan fingerprint density at radius 1 is 1.43 bits per heavy atom. The van der Waals surface area contributed by atoms with Crippen LogP contribution in [0.1, 0.15) is 16.9 Å². The highest BCUT2D eigenvalue weighted by Crippen LogP contribution is 2.16. The number of hydrogen-bond donors (Lipinski definition) is 1. The molecule has 0 radical (unpaired) electrons. The summed E-state index contributed by atoms with van der Waals surface area (Å²) in [6, 6.07) is 1.91. The summed E-state index contributed by atoms with van der Waals surface area (Å²) in [6.07, 6.45) is 5.14. The van der Waals surface area contributed by atoms with Crippen LogP contribution in [-0.2, 0) is 6.54 Å². The summed E-state index contributed by atoms with van der Waals surface area (Å²) < 4.78 is 2.86. The maximum absolute atomic E-state index is 12.2. The zero-order valence-corrected chi connectivity index (χ0v) is 11.9. The van der Waals surface area contributed by atoms with Crippen LogP contribution in [0.5, 0.6) is 0 Å². The van der Waals surface area contributed by atoms with Gasteiger partial charge in [0, 0.05) is 29.3 Å². The maximum Gasteiger partial charge on any atom is 0.350 e. The molecule has 0 aliphatic rings. The molecular formula is C14H12N4O2S. The van der Waals surface area contributed by atoms with Gasteiger partial charge in [-0.2, -0.15) is 0 Å². The van der Waals surface area contributed by atoms with E-state index < -0.39 is 0 Å². The summed E-state index contributed by atoms with van der Waals surface area (Å²) in [5.74, 6) is 5.89. The van der Waals surface area contributed by atoms with E-state index in [0.717, 1.165) is 10.4 Å². The summed E-state index contributed by atoms with van der Waals surface area (Å²) in [6.45, 7) is 0.423. The van der Waals surface area contributed by atoms with E-state index in [1.54, 1.807) is 18.6 Å². The maximum atomic E-state index is 12.2. The minimum atomic E-state index is -0.199. The first-order chi connectivity index (χ1) is 10.3. The third-order valence-corrected chi connectivity index (χ3v) is 3.79. The van der Waals surface area contributed by atoms with E-state index in [0.29, 0.717) is 18.6 Å². The molecule has 106 valence electrons. The Morgan fingerprint density at radius 2 is 2.33 bits per heavy atom. The normalized spacial score (nSPS) is 10.5. The lowest BCUT2D eigenvalue weighted by Crippen LogP contribution is -2.21. The van der Waals surface area contributed by atoms with Crippen LogP contribution in [0.4, 0.5) is 0 Å². The smallest absolute Gasteiger partial charge is 0.350 e. The van der Waals surface area contributed by atoms with Crippen LogP contribution in [-0.4, -0.2) is 30.9 Å². The minimum Gasteiger partial charge on any atom is -0.395 e. The lowest BCUT2D eigenvalue weighted by molar-refractivity contribution is 0.305. The highest BCUT2D eigenvalue weighted by atomic mass is 32.1. The minimum absolute atomic E-state index is 0.0470. The molecule has 0 atom stereocenters. The zero-order valence-electron chi connectivity index (χ0n) is 11.1. The van der Waals surface area contributed by atoms with E-state index in [1.165, 1.54) is 20.4 Å². The van der Waals surface area contributed by atoms with Gasteiger partial charge in [0.05, 0.1) is 19.3 Å². The lowest BCUT2D eigenvalue weighted by Gasteiger charge is -1.97. The summed E-state index contributed by atoms with van der Waals surface area (Å²) in [5, 5.41) is 14.9. The van der Waals surface area contributed by atoms with Crippen LogP contribution < -0.4 is 5.69 Å². The molecule has 3 rings (SSSR count). The van der Waals surface area contributed by atoms with Crippen molar-refractivity contribution >= 4 is 17.0 Å². The van der Waals surface area contributed by atoms with Gasteiger partial charge in [-0.25, -0.2) is 13.9 Å². The fourth-order valence-electron chi connectivity index (χ4n) is 1.91. The Balaban J connectivity index is 1.93. The molecule has 3 aromatic rings. The standard InChI is InChI=1S/C14H12N4O2S/c19-7-2-1-3-11-4-8-21-12(11)10-18-14(20)17-6-5-15-9-13(17)16-18/h4-6,8-9,19H,2,7,10H2. The molecule has 0 aliphatic heterocycles. The van der Waals surface area contributed by atoms with Gasteiger partial charge in [0.15, 0.2) is 5.65 Å². The SMILES string of the molecule is O=c1n(Cc2sccc2C#CCCO)nc2cnccn12. The number of hydrogen-bond acceptors (Lipinski definition) is 5. The number of thiophene rings is 1. The summed E-state index contributed by atoms with van der Waals surface area (Å²) in [5.41, 5.74) is 1.19. The quantitative estimate of drug-likeness (QED) is 0.724. The average Bonchev–Trinajstić information content (AvgIpc) is 3.06. The molecule has 21 heavy (non-hydrogen) atoms. The summed E-state index contributed by atoms with van der Waals surface area (Å²) in [4.78, 5) is 17.1. The predicted octanol–water partition coefficient (Wildman–Crippen LogP) is 0.735. The first-order valence-corrected chi connectivity index (χ1v) is 7.23. The van der Waals surface area contributed by atoms with E-state index in [2.05, 4.69) is 21.9 Å². The first-order valence-electron chi connectivity index (χ1n) is 6.35. The molecular weight excluding hydrogens is 288 g/mol. The zero-order chi connectivity index (χ0) is 14.7. The van der Waals surface area contributed by atoms with Crippen molar-refractivity contribution in [2.24, 2.45) is 0 Å². The third kappa shape index (κ3) is 2.72. The average molecular weight is 300 g/mol. The van der Waals surface area contributed by atoms with E-state index in [4.69, 9.17) is 5.11 Å². The predicted molar refractivity (Wildman–Crippen MR) is 79.2 cm³/mol. The van der Waals surface area contributed by atoms with Crippen LogP contribution in [0.15, 0.2) is 34.8 Å². The number of rotatable bonds is 3. The van der Waals surface area contributed by atoms with Crippen LogP contribution >= 0.6 is 11.3 Å². The lowest BCUT2D eigenvalue weighted by atomic mass is 10.2. The van der Waals surface area contributed by atoms with Crippen molar-refractivity contribution in [1.82, 2.24) is 19.2 Å². The topological polar surface area (TPSA) is 72.4 Å². The number of nitrogens with zero attached hydrogens (tertiary/aromatic N) is 4. The Hall–Kier alpha value is -2.43. The van der Waals surface area contributed by atoms with Gasteiger partial charge in [0.2, 0.25) is 0 Å². The van der Waals surface area contributed by atoms with Gasteiger partial charge in [-0.3, -0.25) is 4.98 Å². The van der Waals surface area contributed by atoms with E-state index >= 15 is 0 Å². The van der Waals surface area contributed by atoms with Crippen LogP contribution in [0.3, 0.4) is 0 Å². The third-order valence-electron chi connectivity index (χ3n) is 2.89. The van der Waals surface area contributed by atoms with Gasteiger partial charge in [0.1, 0.15) is 0 Å². The monoisotopic (exact) mass is 300 g/mol. The van der Waals surface area contributed by atoms with Gasteiger partial charge in [0.25, 0.3) is 0 Å². The molecule has 0 fully saturated rings. The molecule has 0 aliphatic carbocycles. The van der Waals surface area contributed by atoms with Crippen molar-refractivity contribution in [1.29, 1.82) is 0 Å². The number of aliphatic hydroxyl groups excluding tert-OH is 1. The molecule has 7 heteroatoms. The highest BCUT2D eigenvalue weighted by Gasteiger charge is 2.09. The molecule has 0 unspecified atom stereocenters. The summed E-state index contributed by atoms with van der Waals surface area (Å²) in [7, 11) is 0.